The van der Waals surface area contributed by atoms with Gasteiger partial charge in [-0.15, -0.1) is 0 Å². The van der Waals surface area contributed by atoms with Gasteiger partial charge in [0.25, 0.3) is 23.3 Å². The maximum atomic E-state index is 15.1. The molecule has 5 amide bonds. The molecule has 3 aliphatic carbocycles. The van der Waals surface area contributed by atoms with Gasteiger partial charge in [0.15, 0.2) is 0 Å². The molecule has 4 saturated heterocycles. The molecule has 3 saturated carbocycles. The summed E-state index contributed by atoms with van der Waals surface area (Å²) < 4.78 is 51.5. The number of amides is 5. The lowest BCUT2D eigenvalue weighted by Crippen LogP contribution is -2.65. The van der Waals surface area contributed by atoms with Gasteiger partial charge >= 0.3 is 0 Å². The maximum absolute atomic E-state index is 15.1. The Morgan fingerprint density at radius 1 is 0.808 bits per heavy atom. The fourth-order valence-electron chi connectivity index (χ4n) is 11.9. The summed E-state index contributed by atoms with van der Waals surface area (Å²) >= 11 is 0. The molecule has 19 heteroatoms. The minimum absolute atomic E-state index is 0.0158. The average Bonchev–Trinajstić information content (AvgIpc) is 4.27. The van der Waals surface area contributed by atoms with E-state index in [9.17, 15) is 37.2 Å². The fourth-order valence-corrected chi connectivity index (χ4v) is 13.5. The number of rotatable bonds is 15. The number of H-pyrrole nitrogens is 1. The third kappa shape index (κ3) is 11.4. The molecule has 1 aromatic heterocycles. The van der Waals surface area contributed by atoms with Gasteiger partial charge in [-0.1, -0.05) is 55.7 Å². The van der Waals surface area contributed by atoms with Gasteiger partial charge in [0.1, 0.15) is 11.9 Å². The highest BCUT2D eigenvalue weighted by Crippen LogP contribution is 2.44. The Bertz CT molecular complexity index is 2930. The Kier molecular flexibility index (Phi) is 14.6. The number of halogens is 1. The molecule has 0 radical (unpaired) electrons. The lowest BCUT2D eigenvalue weighted by molar-refractivity contribution is -0.152. The van der Waals surface area contributed by atoms with Gasteiger partial charge in [0.05, 0.1) is 41.1 Å². The Labute approximate surface area is 424 Å². The number of fused-ring (bicyclic) bond motifs is 4. The van der Waals surface area contributed by atoms with Crippen LogP contribution in [0.3, 0.4) is 0 Å². The highest BCUT2D eigenvalue weighted by molar-refractivity contribution is 7.90. The molecule has 3 aromatic carbocycles. The molecule has 17 nitrogen and oxygen atoms in total. The molecule has 1 unspecified atom stereocenters. The van der Waals surface area contributed by atoms with E-state index in [4.69, 9.17) is 4.74 Å². The van der Waals surface area contributed by atoms with E-state index in [-0.39, 0.29) is 86.4 Å². The van der Waals surface area contributed by atoms with E-state index in [1.807, 2.05) is 29.2 Å². The number of hydrogen-bond donors (Lipinski definition) is 4. The minimum Gasteiger partial charge on any atom is -0.372 e. The predicted molar refractivity (Wildman–Crippen MR) is 269 cm³/mol. The Balaban J connectivity index is 0.697. The van der Waals surface area contributed by atoms with Crippen LogP contribution in [0.15, 0.2) is 71.5 Å². The smallest absolute Gasteiger partial charge is 0.272 e. The topological polar surface area (TPSA) is 220 Å². The summed E-state index contributed by atoms with van der Waals surface area (Å²) in [6, 6.07) is 17.7. The normalized spacial score (nSPS) is 24.0. The number of piperazine rings is 1. The predicted octanol–water partition coefficient (Wildman–Crippen LogP) is 4.55. The van der Waals surface area contributed by atoms with Crippen molar-refractivity contribution in [3.05, 3.63) is 111 Å². The van der Waals surface area contributed by atoms with Crippen molar-refractivity contribution in [1.29, 1.82) is 0 Å². The van der Waals surface area contributed by atoms with Crippen molar-refractivity contribution in [1.82, 2.24) is 40.3 Å². The second-order valence-electron chi connectivity index (χ2n) is 21.4. The molecule has 388 valence electrons. The molecule has 4 aliphatic heterocycles. The van der Waals surface area contributed by atoms with Crippen molar-refractivity contribution in [2.45, 2.75) is 113 Å². The largest absolute Gasteiger partial charge is 0.372 e. The summed E-state index contributed by atoms with van der Waals surface area (Å²) in [5, 5.41) is 14.2. The summed E-state index contributed by atoms with van der Waals surface area (Å²) in [5.41, 5.74) is 0.642. The van der Waals surface area contributed by atoms with Crippen LogP contribution < -0.4 is 20.9 Å². The summed E-state index contributed by atoms with van der Waals surface area (Å²) in [7, 11) is -4.21. The van der Waals surface area contributed by atoms with E-state index in [0.29, 0.717) is 72.7 Å². The Morgan fingerprint density at radius 3 is 2.27 bits per heavy atom. The van der Waals surface area contributed by atoms with Crippen LogP contribution >= 0.6 is 0 Å². The number of hydrogen-bond acceptors (Lipinski definition) is 11. The number of nitrogens with zero attached hydrogens (tertiary/aromatic N) is 4. The lowest BCUT2D eigenvalue weighted by Gasteiger charge is -2.53. The number of nitrogens with one attached hydrogen (secondary N) is 4. The SMILES string of the molecule is O=C(NC(C(=O)NS(=O)(=O)CC12CCC(NCC(=O)N3CCN(C(=O)c4cc(Cc5n[nH]c(=O)c6ccccc56)ccc4F)CC3)(CC1)CO2)C1CCCCC1)c1cccc([C@H]2CCCN(C(=O)C3CC3)C2)c1. The van der Waals surface area contributed by atoms with Gasteiger partial charge in [-0.25, -0.2) is 17.9 Å². The first-order valence-corrected chi connectivity index (χ1v) is 27.8. The van der Waals surface area contributed by atoms with E-state index in [1.54, 1.807) is 35.2 Å². The van der Waals surface area contributed by atoms with E-state index >= 15 is 4.39 Å². The van der Waals surface area contributed by atoms with Crippen LogP contribution in [0, 0.1) is 17.7 Å². The van der Waals surface area contributed by atoms with Gasteiger partial charge in [-0.05, 0) is 112 Å². The van der Waals surface area contributed by atoms with Crippen LogP contribution in [0.5, 0.6) is 0 Å². The Hall–Kier alpha value is -6.05. The molecule has 7 aliphatic rings. The van der Waals surface area contributed by atoms with Crippen LogP contribution in [-0.2, 0) is 35.6 Å². The zero-order chi connectivity index (χ0) is 50.9. The highest BCUT2D eigenvalue weighted by Gasteiger charge is 2.52. The second-order valence-corrected chi connectivity index (χ2v) is 23.1. The van der Waals surface area contributed by atoms with E-state index < -0.39 is 56.5 Å². The Morgan fingerprint density at radius 2 is 1.55 bits per heavy atom. The first kappa shape index (κ1) is 50.5. The lowest BCUT2D eigenvalue weighted by atomic mass is 9.72. The van der Waals surface area contributed by atoms with Crippen molar-refractivity contribution in [3.8, 4) is 0 Å². The van der Waals surface area contributed by atoms with E-state index in [1.165, 1.54) is 17.0 Å². The summed E-state index contributed by atoms with van der Waals surface area (Å²) in [5.74, 6) is -2.69. The summed E-state index contributed by atoms with van der Waals surface area (Å²) in [6.45, 7) is 2.52. The molecular formula is C54H65FN8O9S. The monoisotopic (exact) mass is 1020 g/mol. The quantitative estimate of drug-likeness (QED) is 0.129. The molecule has 11 rings (SSSR count). The fraction of sp³-hybridized carbons (Fsp3) is 0.537. The number of carbonyl (C=O) groups excluding carboxylic acids is 5. The van der Waals surface area contributed by atoms with Crippen LogP contribution in [0.1, 0.15) is 127 Å². The number of likely N-dealkylation sites (tertiary alicyclic amines) is 1. The van der Waals surface area contributed by atoms with E-state index in [0.717, 1.165) is 57.1 Å². The molecule has 73 heavy (non-hydrogen) atoms. The maximum Gasteiger partial charge on any atom is 0.272 e. The van der Waals surface area contributed by atoms with Crippen molar-refractivity contribution in [2.75, 3.05) is 58.2 Å². The highest BCUT2D eigenvalue weighted by atomic mass is 32.2. The molecule has 4 N–H and O–H groups in total. The third-order valence-corrected chi connectivity index (χ3v) is 17.8. The number of benzene rings is 3. The van der Waals surface area contributed by atoms with Crippen LogP contribution in [0.25, 0.3) is 10.8 Å². The second kappa shape index (κ2) is 21.1. The van der Waals surface area contributed by atoms with Crippen molar-refractivity contribution >= 4 is 50.3 Å². The van der Waals surface area contributed by atoms with Gasteiger partial charge in [0, 0.05) is 74.0 Å². The third-order valence-electron chi connectivity index (χ3n) is 16.4. The summed E-state index contributed by atoms with van der Waals surface area (Å²) in [4.78, 5) is 85.4. The van der Waals surface area contributed by atoms with Crippen LogP contribution in [0.2, 0.25) is 0 Å². The van der Waals surface area contributed by atoms with Crippen molar-refractivity contribution in [3.63, 3.8) is 0 Å². The number of sulfonamides is 1. The van der Waals surface area contributed by atoms with Gasteiger partial charge in [-0.3, -0.25) is 33.5 Å². The first-order valence-electron chi connectivity index (χ1n) is 26.1. The van der Waals surface area contributed by atoms with Crippen molar-refractivity contribution in [2.24, 2.45) is 11.8 Å². The van der Waals surface area contributed by atoms with Gasteiger partial charge < -0.3 is 30.1 Å². The molecule has 0 spiro atoms. The molecule has 2 bridgehead atoms. The molecule has 2 atom stereocenters. The summed E-state index contributed by atoms with van der Waals surface area (Å²) in [6.07, 6.45) is 9.98. The number of aromatic amines is 1. The zero-order valence-corrected chi connectivity index (χ0v) is 42.0. The average molecular weight is 1020 g/mol. The first-order chi connectivity index (χ1) is 35.2. The van der Waals surface area contributed by atoms with Crippen LogP contribution in [-0.4, -0.2) is 138 Å². The van der Waals surface area contributed by atoms with E-state index in [2.05, 4.69) is 25.6 Å². The number of aromatic nitrogens is 2. The number of carbonyl (C=O) groups is 5. The molecule has 4 aromatic rings. The van der Waals surface area contributed by atoms with Crippen LogP contribution in [0.4, 0.5) is 4.39 Å². The molecular weight excluding hydrogens is 956 g/mol. The minimum atomic E-state index is -4.21. The van der Waals surface area contributed by atoms with Crippen molar-refractivity contribution < 1.29 is 41.5 Å². The number of piperidine rings is 1. The van der Waals surface area contributed by atoms with Gasteiger partial charge in [0.2, 0.25) is 21.8 Å². The standard InChI is InChI=1S/C54H65FN8O9S/c55-44-18-15-35(29-45-41-13-4-5-14-42(41)49(66)59-58-45)28-43(44)52(69)62-26-24-61(25-27-62)46(64)31-56-53-19-21-54(22-20-53,72-33-53)34-73(70,71)60-50(67)47(36-8-2-1-3-9-36)57-48(65)39-11-6-10-38(30-39)40-12-7-23-63(32-40)51(68)37-16-17-37/h4-6,10-11,13-15,18,28,30,36-37,40,47,56H,1-3,7-9,12,16-17,19-27,29,31-34H2,(H,57,65)(H,59,66)(H,60,67)/t40-,47?,53?,54?/m0/s1. The number of ether oxygens (including phenoxy) is 1. The van der Waals surface area contributed by atoms with Gasteiger partial charge in [-0.2, -0.15) is 5.10 Å². The zero-order valence-electron chi connectivity index (χ0n) is 41.2. The molecule has 5 heterocycles. The molecule has 7 fully saturated rings.